The van der Waals surface area contributed by atoms with Crippen LogP contribution in [0.2, 0.25) is 0 Å². The second-order valence-corrected chi connectivity index (χ2v) is 4.90. The van der Waals surface area contributed by atoms with Crippen molar-refractivity contribution in [3.8, 4) is 11.5 Å². The third-order valence-corrected chi connectivity index (χ3v) is 2.86. The molecule has 0 radical (unpaired) electrons. The molecule has 20 heavy (non-hydrogen) atoms. The van der Waals surface area contributed by atoms with E-state index in [0.717, 1.165) is 23.7 Å². The normalized spacial score (nSPS) is 10.4. The van der Waals surface area contributed by atoms with Crippen LogP contribution in [0.15, 0.2) is 48.5 Å². The summed E-state index contributed by atoms with van der Waals surface area (Å²) in [5.74, 6) is 1.76. The van der Waals surface area contributed by atoms with Crippen LogP contribution in [-0.2, 0) is 6.54 Å². The van der Waals surface area contributed by atoms with E-state index in [2.05, 4.69) is 17.4 Å². The van der Waals surface area contributed by atoms with Crippen LogP contribution in [0.5, 0.6) is 11.5 Å². The van der Waals surface area contributed by atoms with Gasteiger partial charge in [-0.3, -0.25) is 0 Å². The summed E-state index contributed by atoms with van der Waals surface area (Å²) in [5, 5.41) is 3.39. The zero-order valence-corrected chi connectivity index (χ0v) is 12.2. The molecule has 0 aromatic heterocycles. The van der Waals surface area contributed by atoms with E-state index in [-0.39, 0.29) is 6.10 Å². The zero-order chi connectivity index (χ0) is 14.4. The molecule has 106 valence electrons. The summed E-state index contributed by atoms with van der Waals surface area (Å²) in [7, 11) is 1.67. The molecule has 2 aromatic carbocycles. The minimum Gasteiger partial charge on any atom is -0.497 e. The first-order valence-corrected chi connectivity index (χ1v) is 6.81. The number of rotatable bonds is 6. The van der Waals surface area contributed by atoms with Gasteiger partial charge in [-0.2, -0.15) is 0 Å². The summed E-state index contributed by atoms with van der Waals surface area (Å²) in [6, 6.07) is 16.1. The Morgan fingerprint density at radius 2 is 1.75 bits per heavy atom. The van der Waals surface area contributed by atoms with Crippen LogP contribution in [0, 0.1) is 0 Å². The Morgan fingerprint density at radius 3 is 2.40 bits per heavy atom. The minimum atomic E-state index is 0.187. The number of methoxy groups -OCH3 is 1. The molecular formula is C17H21NO2. The second-order valence-electron chi connectivity index (χ2n) is 4.90. The summed E-state index contributed by atoms with van der Waals surface area (Å²) >= 11 is 0. The molecule has 3 heteroatoms. The molecule has 0 aliphatic carbocycles. The molecule has 2 aromatic rings. The smallest absolute Gasteiger partial charge is 0.121 e. The average Bonchev–Trinajstić information content (AvgIpc) is 2.45. The van der Waals surface area contributed by atoms with Gasteiger partial charge in [0.1, 0.15) is 11.5 Å². The SMILES string of the molecule is COc1ccc(CNc2cccc(OC(C)C)c2)cc1. The van der Waals surface area contributed by atoms with Gasteiger partial charge in [0.05, 0.1) is 13.2 Å². The number of hydrogen-bond acceptors (Lipinski definition) is 3. The Labute approximate surface area is 120 Å². The first-order chi connectivity index (χ1) is 9.67. The van der Waals surface area contributed by atoms with E-state index in [4.69, 9.17) is 9.47 Å². The predicted molar refractivity (Wildman–Crippen MR) is 82.5 cm³/mol. The van der Waals surface area contributed by atoms with E-state index in [1.807, 2.05) is 50.2 Å². The Bertz CT molecular complexity index is 535. The third kappa shape index (κ3) is 4.19. The Hall–Kier alpha value is -2.16. The molecule has 0 aliphatic heterocycles. The lowest BCUT2D eigenvalue weighted by Gasteiger charge is -2.12. The van der Waals surface area contributed by atoms with Gasteiger partial charge in [0, 0.05) is 18.3 Å². The highest BCUT2D eigenvalue weighted by Gasteiger charge is 2.00. The lowest BCUT2D eigenvalue weighted by molar-refractivity contribution is 0.242. The molecule has 0 heterocycles. The van der Waals surface area contributed by atoms with Gasteiger partial charge in [-0.1, -0.05) is 18.2 Å². The monoisotopic (exact) mass is 271 g/mol. The van der Waals surface area contributed by atoms with Gasteiger partial charge in [-0.25, -0.2) is 0 Å². The summed E-state index contributed by atoms with van der Waals surface area (Å²) in [6.45, 7) is 4.82. The van der Waals surface area contributed by atoms with Crippen LogP contribution in [-0.4, -0.2) is 13.2 Å². The van der Waals surface area contributed by atoms with E-state index in [0.29, 0.717) is 0 Å². The van der Waals surface area contributed by atoms with Crippen molar-refractivity contribution in [2.45, 2.75) is 26.5 Å². The zero-order valence-electron chi connectivity index (χ0n) is 12.2. The topological polar surface area (TPSA) is 30.5 Å². The predicted octanol–water partition coefficient (Wildman–Crippen LogP) is 4.09. The van der Waals surface area contributed by atoms with Crippen molar-refractivity contribution in [2.75, 3.05) is 12.4 Å². The van der Waals surface area contributed by atoms with E-state index >= 15 is 0 Å². The van der Waals surface area contributed by atoms with E-state index < -0.39 is 0 Å². The van der Waals surface area contributed by atoms with Crippen molar-refractivity contribution in [3.05, 3.63) is 54.1 Å². The van der Waals surface area contributed by atoms with Crippen LogP contribution in [0.4, 0.5) is 5.69 Å². The number of ether oxygens (including phenoxy) is 2. The van der Waals surface area contributed by atoms with Gasteiger partial charge in [-0.05, 0) is 43.7 Å². The highest BCUT2D eigenvalue weighted by molar-refractivity contribution is 5.48. The van der Waals surface area contributed by atoms with Crippen molar-refractivity contribution in [2.24, 2.45) is 0 Å². The third-order valence-electron chi connectivity index (χ3n) is 2.86. The fourth-order valence-corrected chi connectivity index (χ4v) is 1.90. The van der Waals surface area contributed by atoms with Gasteiger partial charge in [0.25, 0.3) is 0 Å². The van der Waals surface area contributed by atoms with Crippen LogP contribution in [0.25, 0.3) is 0 Å². The standard InChI is InChI=1S/C17H21NO2/c1-13(2)20-17-6-4-5-15(11-17)18-12-14-7-9-16(19-3)10-8-14/h4-11,13,18H,12H2,1-3H3. The molecule has 2 rings (SSSR count). The van der Waals surface area contributed by atoms with Crippen molar-refractivity contribution < 1.29 is 9.47 Å². The number of nitrogens with one attached hydrogen (secondary N) is 1. The van der Waals surface area contributed by atoms with Crippen LogP contribution in [0.3, 0.4) is 0 Å². The molecule has 0 unspecified atom stereocenters. The molecule has 0 spiro atoms. The quantitative estimate of drug-likeness (QED) is 0.858. The van der Waals surface area contributed by atoms with Gasteiger partial charge in [-0.15, -0.1) is 0 Å². The van der Waals surface area contributed by atoms with Crippen molar-refractivity contribution in [1.29, 1.82) is 0 Å². The molecule has 0 saturated heterocycles. The van der Waals surface area contributed by atoms with Crippen LogP contribution in [0.1, 0.15) is 19.4 Å². The van der Waals surface area contributed by atoms with Gasteiger partial charge in [0.2, 0.25) is 0 Å². The van der Waals surface area contributed by atoms with Crippen molar-refractivity contribution in [3.63, 3.8) is 0 Å². The lowest BCUT2D eigenvalue weighted by Crippen LogP contribution is -2.06. The van der Waals surface area contributed by atoms with E-state index in [1.54, 1.807) is 7.11 Å². The maximum Gasteiger partial charge on any atom is 0.121 e. The maximum absolute atomic E-state index is 5.68. The second kappa shape index (κ2) is 6.85. The molecule has 0 atom stereocenters. The molecular weight excluding hydrogens is 250 g/mol. The number of hydrogen-bond donors (Lipinski definition) is 1. The Balaban J connectivity index is 1.95. The first-order valence-electron chi connectivity index (χ1n) is 6.81. The first kappa shape index (κ1) is 14.3. The average molecular weight is 271 g/mol. The van der Waals surface area contributed by atoms with Crippen LogP contribution >= 0.6 is 0 Å². The summed E-state index contributed by atoms with van der Waals surface area (Å²) in [4.78, 5) is 0. The molecule has 0 saturated carbocycles. The lowest BCUT2D eigenvalue weighted by atomic mass is 10.2. The molecule has 1 N–H and O–H groups in total. The summed E-state index contributed by atoms with van der Waals surface area (Å²) in [5.41, 5.74) is 2.26. The van der Waals surface area contributed by atoms with E-state index in [1.165, 1.54) is 5.56 Å². The summed E-state index contributed by atoms with van der Waals surface area (Å²) < 4.78 is 10.8. The maximum atomic E-state index is 5.68. The largest absolute Gasteiger partial charge is 0.497 e. The van der Waals surface area contributed by atoms with Crippen molar-refractivity contribution in [1.82, 2.24) is 0 Å². The molecule has 0 fully saturated rings. The van der Waals surface area contributed by atoms with Gasteiger partial charge >= 0.3 is 0 Å². The highest BCUT2D eigenvalue weighted by Crippen LogP contribution is 2.19. The van der Waals surface area contributed by atoms with Crippen molar-refractivity contribution >= 4 is 5.69 Å². The Kier molecular flexibility index (Phi) is 4.88. The van der Waals surface area contributed by atoms with E-state index in [9.17, 15) is 0 Å². The summed E-state index contributed by atoms with van der Waals surface area (Å²) in [6.07, 6.45) is 0.187. The fourth-order valence-electron chi connectivity index (χ4n) is 1.90. The number of anilines is 1. The molecule has 0 amide bonds. The van der Waals surface area contributed by atoms with Gasteiger partial charge in [0.15, 0.2) is 0 Å². The van der Waals surface area contributed by atoms with Gasteiger partial charge < -0.3 is 14.8 Å². The molecule has 0 bridgehead atoms. The molecule has 3 nitrogen and oxygen atoms in total. The molecule has 0 aliphatic rings. The Morgan fingerprint density at radius 1 is 1.00 bits per heavy atom. The minimum absolute atomic E-state index is 0.187. The van der Waals surface area contributed by atoms with Crippen LogP contribution < -0.4 is 14.8 Å². The highest BCUT2D eigenvalue weighted by atomic mass is 16.5. The number of benzene rings is 2. The fraction of sp³-hybridized carbons (Fsp3) is 0.294.